The van der Waals surface area contributed by atoms with E-state index in [4.69, 9.17) is 33.7 Å². The maximum atomic E-state index is 13.8. The predicted molar refractivity (Wildman–Crippen MR) is 217 cm³/mol. The van der Waals surface area contributed by atoms with Gasteiger partial charge in [-0.15, -0.1) is 0 Å². The van der Waals surface area contributed by atoms with Gasteiger partial charge >= 0.3 is 0 Å². The molecule has 56 heavy (non-hydrogen) atoms. The number of amides is 2. The van der Waals surface area contributed by atoms with E-state index in [0.717, 1.165) is 33.7 Å². The number of carbonyl (C=O) groups is 2. The zero-order valence-corrected chi connectivity index (χ0v) is 32.0. The molecule has 4 aliphatic rings. The molecule has 4 aliphatic heterocycles. The zero-order chi connectivity index (χ0) is 38.9. The Morgan fingerprint density at radius 1 is 0.625 bits per heavy atom. The number of hydrogen-bond acceptors (Lipinski definition) is 10. The Labute approximate surface area is 325 Å². The second-order valence-corrected chi connectivity index (χ2v) is 14.1. The Morgan fingerprint density at radius 3 is 1.52 bits per heavy atom. The molecule has 8 rings (SSSR count). The van der Waals surface area contributed by atoms with Crippen molar-refractivity contribution in [3.05, 3.63) is 107 Å². The lowest BCUT2D eigenvalue weighted by Gasteiger charge is -2.19. The van der Waals surface area contributed by atoms with Crippen LogP contribution in [0.3, 0.4) is 0 Å². The Morgan fingerprint density at radius 2 is 1.09 bits per heavy atom. The molecular weight excluding hydrogens is 711 g/mol. The Bertz CT molecular complexity index is 2300. The van der Waals surface area contributed by atoms with Crippen LogP contribution in [0.15, 0.2) is 95.2 Å². The Kier molecular flexibility index (Phi) is 9.94. The molecule has 4 aromatic rings. The van der Waals surface area contributed by atoms with Crippen molar-refractivity contribution in [3.8, 4) is 28.7 Å². The third-order valence-electron chi connectivity index (χ3n) is 10.4. The van der Waals surface area contributed by atoms with Crippen molar-refractivity contribution in [1.29, 1.82) is 0 Å². The van der Waals surface area contributed by atoms with E-state index in [2.05, 4.69) is 29.2 Å². The van der Waals surface area contributed by atoms with Gasteiger partial charge in [-0.05, 0) is 58.7 Å². The largest absolute Gasteiger partial charge is 0.497 e. The summed E-state index contributed by atoms with van der Waals surface area (Å²) in [4.78, 5) is 42.5. The number of benzene rings is 4. The van der Waals surface area contributed by atoms with Crippen LogP contribution in [0.4, 0.5) is 17.1 Å². The van der Waals surface area contributed by atoms with E-state index in [9.17, 15) is 9.59 Å². The Hall–Kier alpha value is -6.56. The number of nitrogens with zero attached hydrogens (tertiary/aromatic N) is 5. The van der Waals surface area contributed by atoms with Gasteiger partial charge in [-0.1, -0.05) is 24.3 Å². The summed E-state index contributed by atoms with van der Waals surface area (Å²) in [5, 5.41) is 0. The van der Waals surface area contributed by atoms with Gasteiger partial charge in [0.15, 0.2) is 23.0 Å². The van der Waals surface area contributed by atoms with E-state index >= 15 is 0 Å². The smallest absolute Gasteiger partial charge is 0.260 e. The highest BCUT2D eigenvalue weighted by molar-refractivity contribution is 6.06. The molecule has 0 spiro atoms. The van der Waals surface area contributed by atoms with Gasteiger partial charge in [0.2, 0.25) is 0 Å². The molecule has 0 saturated carbocycles. The fraction of sp³-hybridized carbons (Fsp3) is 0.273. The number of rotatable bonds is 12. The lowest BCUT2D eigenvalue weighted by molar-refractivity contribution is 0.0809. The van der Waals surface area contributed by atoms with Crippen molar-refractivity contribution in [2.45, 2.75) is 31.3 Å². The molecule has 12 heteroatoms. The van der Waals surface area contributed by atoms with Crippen molar-refractivity contribution in [1.82, 2.24) is 9.80 Å². The first-order valence-corrected chi connectivity index (χ1v) is 18.5. The van der Waals surface area contributed by atoms with Crippen molar-refractivity contribution < 1.29 is 33.3 Å². The SMILES string of the molecule is COc1ccc(C2=CN3C(=O)c4cc(OC)c(OCCCOc5cc6c(cc5OC)C(=O)N5C=C(c7ccc(N(C)C)cc7)C[C@H]5C=N6)cc4N=C[C@@H]3C2)cc1. The lowest BCUT2D eigenvalue weighted by Crippen LogP contribution is -2.32. The molecule has 286 valence electrons. The van der Waals surface area contributed by atoms with Gasteiger partial charge in [0, 0.05) is 76.0 Å². The number of aliphatic imine (C=N–C) groups is 2. The van der Waals surface area contributed by atoms with E-state index in [1.807, 2.05) is 63.2 Å². The van der Waals surface area contributed by atoms with Gasteiger partial charge in [-0.25, -0.2) is 0 Å². The molecule has 2 amide bonds. The van der Waals surface area contributed by atoms with Crippen LogP contribution in [0, 0.1) is 0 Å². The second-order valence-electron chi connectivity index (χ2n) is 14.1. The molecule has 0 aromatic heterocycles. The summed E-state index contributed by atoms with van der Waals surface area (Å²) in [6.07, 6.45) is 9.33. The normalized spacial score (nSPS) is 17.9. The first-order chi connectivity index (χ1) is 27.2. The minimum Gasteiger partial charge on any atom is -0.497 e. The molecule has 0 radical (unpaired) electrons. The van der Waals surface area contributed by atoms with Gasteiger partial charge < -0.3 is 38.4 Å². The van der Waals surface area contributed by atoms with E-state index in [0.29, 0.717) is 78.0 Å². The van der Waals surface area contributed by atoms with Gasteiger partial charge in [0.1, 0.15) is 5.75 Å². The van der Waals surface area contributed by atoms with Gasteiger partial charge in [0.05, 0.1) is 69.1 Å². The van der Waals surface area contributed by atoms with Crippen molar-refractivity contribution in [2.24, 2.45) is 9.98 Å². The Balaban J connectivity index is 0.904. The van der Waals surface area contributed by atoms with Gasteiger partial charge in [-0.3, -0.25) is 19.6 Å². The van der Waals surface area contributed by atoms with Crippen LogP contribution in [0.5, 0.6) is 28.7 Å². The molecular formula is C44H43N5O7. The molecule has 0 unspecified atom stereocenters. The second kappa shape index (κ2) is 15.3. The van der Waals surface area contributed by atoms with E-state index in [1.165, 1.54) is 0 Å². The number of anilines is 1. The molecule has 12 nitrogen and oxygen atoms in total. The molecule has 0 aliphatic carbocycles. The fourth-order valence-electron chi connectivity index (χ4n) is 7.34. The van der Waals surface area contributed by atoms with Gasteiger partial charge in [0.25, 0.3) is 11.8 Å². The van der Waals surface area contributed by atoms with Crippen LogP contribution in [-0.2, 0) is 0 Å². The van der Waals surface area contributed by atoms with E-state index < -0.39 is 0 Å². The number of methoxy groups -OCH3 is 3. The molecule has 0 bridgehead atoms. The molecule has 0 saturated heterocycles. The molecule has 0 N–H and O–H groups in total. The van der Waals surface area contributed by atoms with Crippen LogP contribution in [0.1, 0.15) is 51.1 Å². The first kappa shape index (κ1) is 36.4. The number of fused-ring (bicyclic) bond motifs is 4. The standard InChI is InChI=1S/C44H43N5O7/c1-47(2)31-11-7-27(8-12-31)29-17-32-23-45-37-21-41(39(53-4)19-35(37)43(50)48(32)25-29)55-15-6-16-56-42-22-38-36(20-40(42)54-5)44(51)49-26-30(18-33(49)24-46-38)28-9-13-34(52-3)14-10-28/h7-14,19-26,32-33H,6,15-18H2,1-5H3/t32-,33-/m0/s1. The average molecular weight is 754 g/mol. The summed E-state index contributed by atoms with van der Waals surface area (Å²) < 4.78 is 28.9. The third kappa shape index (κ3) is 6.94. The van der Waals surface area contributed by atoms with E-state index in [-0.39, 0.29) is 23.9 Å². The highest BCUT2D eigenvalue weighted by Crippen LogP contribution is 2.42. The first-order valence-electron chi connectivity index (χ1n) is 18.5. The molecule has 2 atom stereocenters. The maximum absolute atomic E-state index is 13.8. The summed E-state index contributed by atoms with van der Waals surface area (Å²) in [5.41, 5.74) is 7.29. The number of ether oxygens (including phenoxy) is 5. The highest BCUT2D eigenvalue weighted by atomic mass is 16.5. The summed E-state index contributed by atoms with van der Waals surface area (Å²) in [6, 6.07) is 22.6. The molecule has 0 fully saturated rings. The van der Waals surface area contributed by atoms with Crippen molar-refractivity contribution in [2.75, 3.05) is 53.5 Å². The summed E-state index contributed by atoms with van der Waals surface area (Å²) in [6.45, 7) is 0.617. The number of carbonyl (C=O) groups excluding carboxylic acids is 2. The minimum atomic E-state index is -0.202. The van der Waals surface area contributed by atoms with E-state index in [1.54, 1.807) is 55.4 Å². The molecule has 4 heterocycles. The average Bonchev–Trinajstić information content (AvgIpc) is 3.80. The van der Waals surface area contributed by atoms with Crippen molar-refractivity contribution >= 4 is 52.5 Å². The lowest BCUT2D eigenvalue weighted by atomic mass is 10.0. The van der Waals surface area contributed by atoms with Crippen LogP contribution < -0.4 is 28.6 Å². The van der Waals surface area contributed by atoms with Gasteiger partial charge in [-0.2, -0.15) is 0 Å². The highest BCUT2D eigenvalue weighted by Gasteiger charge is 2.35. The van der Waals surface area contributed by atoms with Crippen molar-refractivity contribution in [3.63, 3.8) is 0 Å². The van der Waals surface area contributed by atoms with Crippen LogP contribution in [-0.4, -0.2) is 94.8 Å². The summed E-state index contributed by atoms with van der Waals surface area (Å²) in [5.74, 6) is 2.32. The quantitative estimate of drug-likeness (QED) is 0.136. The monoisotopic (exact) mass is 753 g/mol. The maximum Gasteiger partial charge on any atom is 0.260 e. The zero-order valence-electron chi connectivity index (χ0n) is 32.0. The summed E-state index contributed by atoms with van der Waals surface area (Å²) >= 11 is 0. The van der Waals surface area contributed by atoms with Crippen LogP contribution in [0.2, 0.25) is 0 Å². The summed E-state index contributed by atoms with van der Waals surface area (Å²) in [7, 11) is 8.75. The van der Waals surface area contributed by atoms with Crippen LogP contribution in [0.25, 0.3) is 11.1 Å². The minimum absolute atomic E-state index is 0.142. The third-order valence-corrected chi connectivity index (χ3v) is 10.4. The number of hydrogen-bond donors (Lipinski definition) is 0. The topological polar surface area (TPSA) is 115 Å². The molecule has 4 aromatic carbocycles. The van der Waals surface area contributed by atoms with Crippen LogP contribution >= 0.6 is 0 Å². The predicted octanol–water partition coefficient (Wildman–Crippen LogP) is 7.57. The fourth-order valence-corrected chi connectivity index (χ4v) is 7.34.